The monoisotopic (exact) mass is 381 g/mol. The number of hydrogen-bond acceptors (Lipinski definition) is 4. The predicted molar refractivity (Wildman–Crippen MR) is 103 cm³/mol. The molecule has 144 valence electrons. The fourth-order valence-corrected chi connectivity index (χ4v) is 2.73. The number of halogens is 1. The van der Waals surface area contributed by atoms with Gasteiger partial charge in [-0.05, 0) is 51.1 Å². The van der Waals surface area contributed by atoms with Crippen LogP contribution in [0.1, 0.15) is 28.5 Å². The Labute approximate surface area is 161 Å². The Morgan fingerprint density at radius 1 is 1.07 bits per heavy atom. The number of benzene rings is 2. The van der Waals surface area contributed by atoms with E-state index in [-0.39, 0.29) is 5.75 Å². The molecule has 2 aromatic carbocycles. The van der Waals surface area contributed by atoms with Crippen LogP contribution in [0, 0.1) is 19.7 Å². The number of aryl methyl sites for hydroxylation is 2. The molecule has 0 fully saturated rings. The molecule has 0 bridgehead atoms. The summed E-state index contributed by atoms with van der Waals surface area (Å²) in [5.41, 5.74) is 7.46. The molecule has 0 aliphatic rings. The van der Waals surface area contributed by atoms with Gasteiger partial charge in [-0.3, -0.25) is 25.4 Å². The molecule has 0 aliphatic heterocycles. The number of nitrogens with one attached hydrogen (secondary N) is 2. The Kier molecular flexibility index (Phi) is 5.54. The number of fused-ring (bicyclic) bond motifs is 1. The number of ether oxygens (including phenoxy) is 1. The molecular weight excluding hydrogens is 361 g/mol. The van der Waals surface area contributed by atoms with Crippen LogP contribution in [-0.4, -0.2) is 22.9 Å². The van der Waals surface area contributed by atoms with E-state index in [1.165, 1.54) is 25.1 Å². The van der Waals surface area contributed by atoms with Gasteiger partial charge in [-0.25, -0.2) is 4.39 Å². The molecule has 0 radical (unpaired) electrons. The van der Waals surface area contributed by atoms with Crippen molar-refractivity contribution in [2.75, 3.05) is 0 Å². The number of pyridine rings is 1. The van der Waals surface area contributed by atoms with Crippen molar-refractivity contribution >= 4 is 22.7 Å². The zero-order valence-corrected chi connectivity index (χ0v) is 15.7. The van der Waals surface area contributed by atoms with E-state index in [0.29, 0.717) is 22.2 Å². The summed E-state index contributed by atoms with van der Waals surface area (Å²) in [5, 5.41) is 0.688. The standard InChI is InChI=1S/C21H20FN3O3/c1-12-8-9-18-15(10-12)16(11-13(2)23-18)21(27)25-24-20(26)14(3)28-19-7-5-4-6-17(19)22/h4-11,14H,1-3H3,(H,24,26)(H,25,27). The van der Waals surface area contributed by atoms with Gasteiger partial charge in [0.25, 0.3) is 11.8 Å². The first-order valence-electron chi connectivity index (χ1n) is 8.74. The molecule has 3 aromatic rings. The molecule has 6 nitrogen and oxygen atoms in total. The van der Waals surface area contributed by atoms with Crippen LogP contribution in [0.4, 0.5) is 4.39 Å². The van der Waals surface area contributed by atoms with Crippen molar-refractivity contribution in [1.29, 1.82) is 0 Å². The van der Waals surface area contributed by atoms with Gasteiger partial charge in [-0.2, -0.15) is 0 Å². The zero-order chi connectivity index (χ0) is 20.3. The maximum absolute atomic E-state index is 13.6. The Hall–Kier alpha value is -3.48. The fraction of sp³-hybridized carbons (Fsp3) is 0.190. The van der Waals surface area contributed by atoms with E-state index < -0.39 is 23.7 Å². The van der Waals surface area contributed by atoms with Crippen LogP contribution in [-0.2, 0) is 4.79 Å². The molecule has 3 rings (SSSR count). The van der Waals surface area contributed by atoms with E-state index in [2.05, 4.69) is 15.8 Å². The molecule has 1 unspecified atom stereocenters. The third kappa shape index (κ3) is 4.25. The van der Waals surface area contributed by atoms with Gasteiger partial charge in [-0.1, -0.05) is 23.8 Å². The van der Waals surface area contributed by atoms with E-state index in [1.807, 2.05) is 25.1 Å². The van der Waals surface area contributed by atoms with Gasteiger partial charge in [-0.15, -0.1) is 0 Å². The highest BCUT2D eigenvalue weighted by Gasteiger charge is 2.18. The number of amides is 2. The average molecular weight is 381 g/mol. The van der Waals surface area contributed by atoms with Gasteiger partial charge in [0.2, 0.25) is 0 Å². The molecule has 28 heavy (non-hydrogen) atoms. The fourth-order valence-electron chi connectivity index (χ4n) is 2.73. The lowest BCUT2D eigenvalue weighted by Crippen LogP contribution is -2.47. The Morgan fingerprint density at radius 2 is 1.82 bits per heavy atom. The maximum Gasteiger partial charge on any atom is 0.279 e. The summed E-state index contributed by atoms with van der Waals surface area (Å²) in [5.74, 6) is -1.70. The number of rotatable bonds is 4. The molecule has 1 aromatic heterocycles. The predicted octanol–water partition coefficient (Wildman–Crippen LogP) is 3.22. The van der Waals surface area contributed by atoms with Crippen molar-refractivity contribution in [3.63, 3.8) is 0 Å². The van der Waals surface area contributed by atoms with Gasteiger partial charge in [0.1, 0.15) is 0 Å². The third-order valence-corrected chi connectivity index (χ3v) is 4.15. The first-order chi connectivity index (χ1) is 13.3. The highest BCUT2D eigenvalue weighted by molar-refractivity contribution is 6.06. The summed E-state index contributed by atoms with van der Waals surface area (Å²) in [7, 11) is 0. The number of carbonyl (C=O) groups excluding carboxylic acids is 2. The minimum absolute atomic E-state index is 0.0392. The minimum atomic E-state index is -1.00. The lowest BCUT2D eigenvalue weighted by molar-refractivity contribution is -0.128. The largest absolute Gasteiger partial charge is 0.478 e. The molecule has 1 heterocycles. The number of nitrogens with zero attached hydrogens (tertiary/aromatic N) is 1. The summed E-state index contributed by atoms with van der Waals surface area (Å²) < 4.78 is 18.9. The van der Waals surface area contributed by atoms with Gasteiger partial charge in [0, 0.05) is 11.1 Å². The minimum Gasteiger partial charge on any atom is -0.478 e. The van der Waals surface area contributed by atoms with E-state index in [0.717, 1.165) is 5.56 Å². The molecule has 2 amide bonds. The molecular formula is C21H20FN3O3. The summed E-state index contributed by atoms with van der Waals surface area (Å²) in [6.45, 7) is 5.17. The van der Waals surface area contributed by atoms with Gasteiger partial charge in [0.15, 0.2) is 17.7 Å². The molecule has 2 N–H and O–H groups in total. The van der Waals surface area contributed by atoms with Gasteiger partial charge in [0.05, 0.1) is 11.1 Å². The summed E-state index contributed by atoms with van der Waals surface area (Å²) >= 11 is 0. The smallest absolute Gasteiger partial charge is 0.279 e. The highest BCUT2D eigenvalue weighted by Crippen LogP contribution is 2.20. The molecule has 0 aliphatic carbocycles. The normalized spacial score (nSPS) is 11.7. The molecule has 7 heteroatoms. The maximum atomic E-state index is 13.6. The van der Waals surface area contributed by atoms with Crippen molar-refractivity contribution in [3.8, 4) is 5.75 Å². The first-order valence-corrected chi connectivity index (χ1v) is 8.74. The number of carbonyl (C=O) groups is 2. The van der Waals surface area contributed by atoms with Gasteiger partial charge < -0.3 is 4.74 Å². The number of aromatic nitrogens is 1. The summed E-state index contributed by atoms with van der Waals surface area (Å²) in [6, 6.07) is 13.1. The van der Waals surface area contributed by atoms with Crippen molar-refractivity contribution in [2.45, 2.75) is 26.9 Å². The lowest BCUT2D eigenvalue weighted by atomic mass is 10.0. The van der Waals surface area contributed by atoms with Crippen LogP contribution in [0.15, 0.2) is 48.5 Å². The Bertz CT molecular complexity index is 1050. The van der Waals surface area contributed by atoms with Crippen molar-refractivity contribution in [1.82, 2.24) is 15.8 Å². The SMILES string of the molecule is Cc1ccc2nc(C)cc(C(=O)NNC(=O)C(C)Oc3ccccc3F)c2c1. The first kappa shape index (κ1) is 19.3. The second-order valence-electron chi connectivity index (χ2n) is 6.47. The zero-order valence-electron chi connectivity index (χ0n) is 15.7. The Morgan fingerprint density at radius 3 is 2.57 bits per heavy atom. The van der Waals surface area contributed by atoms with E-state index >= 15 is 0 Å². The average Bonchev–Trinajstić information content (AvgIpc) is 2.67. The third-order valence-electron chi connectivity index (χ3n) is 4.15. The molecule has 0 saturated carbocycles. The number of para-hydroxylation sites is 1. The summed E-state index contributed by atoms with van der Waals surface area (Å²) in [6.07, 6.45) is -1.00. The van der Waals surface area contributed by atoms with Crippen LogP contribution in [0.25, 0.3) is 10.9 Å². The van der Waals surface area contributed by atoms with Crippen LogP contribution >= 0.6 is 0 Å². The second kappa shape index (κ2) is 8.04. The van der Waals surface area contributed by atoms with Crippen molar-refractivity contribution in [3.05, 3.63) is 71.2 Å². The molecule has 1 atom stereocenters. The highest BCUT2D eigenvalue weighted by atomic mass is 19.1. The Balaban J connectivity index is 1.70. The van der Waals surface area contributed by atoms with Crippen LogP contribution in [0.3, 0.4) is 0 Å². The molecule has 0 spiro atoms. The second-order valence-corrected chi connectivity index (χ2v) is 6.47. The summed E-state index contributed by atoms with van der Waals surface area (Å²) in [4.78, 5) is 29.2. The van der Waals surface area contributed by atoms with Crippen LogP contribution in [0.2, 0.25) is 0 Å². The quantitative estimate of drug-likeness (QED) is 0.680. The molecule has 0 saturated heterocycles. The van der Waals surface area contributed by atoms with E-state index in [9.17, 15) is 14.0 Å². The topological polar surface area (TPSA) is 80.3 Å². The van der Waals surface area contributed by atoms with Crippen molar-refractivity contribution in [2.24, 2.45) is 0 Å². The van der Waals surface area contributed by atoms with Gasteiger partial charge >= 0.3 is 0 Å². The van der Waals surface area contributed by atoms with Crippen molar-refractivity contribution < 1.29 is 18.7 Å². The lowest BCUT2D eigenvalue weighted by Gasteiger charge is -2.16. The van der Waals surface area contributed by atoms with E-state index in [1.54, 1.807) is 19.1 Å². The number of hydrogen-bond donors (Lipinski definition) is 2. The van der Waals surface area contributed by atoms with Crippen LogP contribution in [0.5, 0.6) is 5.75 Å². The van der Waals surface area contributed by atoms with Crippen LogP contribution < -0.4 is 15.6 Å². The number of hydrazine groups is 1. The van der Waals surface area contributed by atoms with E-state index in [4.69, 9.17) is 4.74 Å².